The van der Waals surface area contributed by atoms with Gasteiger partial charge in [-0.15, -0.1) is 0 Å². The quantitative estimate of drug-likeness (QED) is 0.366. The fourth-order valence-corrected chi connectivity index (χ4v) is 0.699. The van der Waals surface area contributed by atoms with E-state index in [2.05, 4.69) is 0 Å². The number of nitrogens with one attached hydrogen (secondary N) is 1. The molecule has 0 radical (unpaired) electrons. The van der Waals surface area contributed by atoms with E-state index in [9.17, 15) is 9.59 Å². The van der Waals surface area contributed by atoms with Crippen LogP contribution in [0.3, 0.4) is 0 Å². The number of carbonyl (C=O) groups is 2. The van der Waals surface area contributed by atoms with E-state index in [-0.39, 0.29) is 40.9 Å². The molecule has 100 valence electrons. The Labute approximate surface area is 119 Å². The van der Waals surface area contributed by atoms with E-state index in [0.29, 0.717) is 0 Å². The van der Waals surface area contributed by atoms with Crippen molar-refractivity contribution in [2.45, 2.75) is 6.54 Å². The molecular formula is C10H18N2O5Zn. The van der Waals surface area contributed by atoms with Gasteiger partial charge in [0.15, 0.2) is 0 Å². The number of hydroxylamine groups is 1. The molecule has 4 N–H and O–H groups in total. The zero-order valence-electron chi connectivity index (χ0n) is 10.5. The number of aromatic nitrogens is 1. The van der Waals surface area contributed by atoms with Crippen LogP contribution < -0.4 is 5.48 Å². The predicted octanol–water partition coefficient (Wildman–Crippen LogP) is 0.521. The number of aliphatic carboxylic acids is 2. The zero-order chi connectivity index (χ0) is 11.7. The second kappa shape index (κ2) is 15.8. The van der Waals surface area contributed by atoms with Crippen molar-refractivity contribution in [2.24, 2.45) is 0 Å². The number of carboxylic acids is 2. The summed E-state index contributed by atoms with van der Waals surface area (Å²) in [6, 6.07) is 3.59. The Bertz CT molecular complexity index is 303. The Morgan fingerprint density at radius 1 is 1.06 bits per heavy atom. The molecule has 1 heterocycles. The van der Waals surface area contributed by atoms with Crippen LogP contribution in [0.15, 0.2) is 24.5 Å². The summed E-state index contributed by atoms with van der Waals surface area (Å²) in [4.78, 5) is 19.4. The van der Waals surface area contributed by atoms with Gasteiger partial charge in [0, 0.05) is 12.4 Å². The fourth-order valence-electron chi connectivity index (χ4n) is 0.699. The largest absolute Gasteiger partial charge is 2.00 e. The molecule has 0 saturated carbocycles. The summed E-state index contributed by atoms with van der Waals surface area (Å²) < 4.78 is 1.60. The van der Waals surface area contributed by atoms with Gasteiger partial charge in [-0.25, -0.2) is 0 Å². The maximum absolute atomic E-state index is 10.0. The van der Waals surface area contributed by atoms with Crippen molar-refractivity contribution in [1.29, 1.82) is 0 Å². The third kappa shape index (κ3) is 17.2. The zero-order valence-corrected chi connectivity index (χ0v) is 13.5. The first-order valence-corrected chi connectivity index (χ1v) is 3.97. The van der Waals surface area contributed by atoms with Gasteiger partial charge in [0.25, 0.3) is 0 Å². The normalized spacial score (nSPS) is 7.39. The average Bonchev–Trinajstić information content (AvgIpc) is 2.56. The molecule has 7 nitrogen and oxygen atoms in total. The molecule has 1 rings (SSSR count). The maximum Gasteiger partial charge on any atom is 2.00 e. The summed E-state index contributed by atoms with van der Waals surface area (Å²) >= 11 is 0. The van der Waals surface area contributed by atoms with Crippen molar-refractivity contribution in [3.05, 3.63) is 39.4 Å². The van der Waals surface area contributed by atoms with Gasteiger partial charge < -0.3 is 34.8 Å². The van der Waals surface area contributed by atoms with Crippen LogP contribution in [0.4, 0.5) is 0 Å². The molecule has 8 heteroatoms. The molecule has 1 aromatic heterocycles. The minimum absolute atomic E-state index is 0. The molecule has 0 amide bonds. The number of rotatable bonds is 4. The van der Waals surface area contributed by atoms with Crippen molar-refractivity contribution in [3.8, 4) is 0 Å². The number of hydrogen-bond acceptors (Lipinski definition) is 4. The Morgan fingerprint density at radius 2 is 1.50 bits per heavy atom. The summed E-state index contributed by atoms with van der Waals surface area (Å²) in [5.74, 6) is -1.89. The Balaban J connectivity index is -0.0000000992. The van der Waals surface area contributed by atoms with Crippen molar-refractivity contribution in [1.82, 2.24) is 10.0 Å². The topological polar surface area (TPSA) is 112 Å². The van der Waals surface area contributed by atoms with Gasteiger partial charge in [0.1, 0.15) is 13.1 Å². The van der Waals surface area contributed by atoms with Gasteiger partial charge in [-0.2, -0.15) is 5.48 Å². The van der Waals surface area contributed by atoms with Gasteiger partial charge in [-0.3, -0.25) is 9.59 Å². The molecule has 0 aromatic carbocycles. The van der Waals surface area contributed by atoms with Gasteiger partial charge >= 0.3 is 31.4 Å². The molecule has 0 unspecified atom stereocenters. The first kappa shape index (κ1) is 25.6. The molecule has 0 atom stereocenters. The minimum atomic E-state index is -1.07. The van der Waals surface area contributed by atoms with Crippen LogP contribution in [-0.4, -0.2) is 38.5 Å². The molecule has 0 bridgehead atoms. The summed E-state index contributed by atoms with van der Waals surface area (Å²) in [6.45, 7) is -0.354. The Kier molecular flexibility index (Phi) is 22.4. The molecule has 0 aliphatic heterocycles. The van der Waals surface area contributed by atoms with Crippen LogP contribution in [-0.2, 0) is 35.6 Å². The van der Waals surface area contributed by atoms with Gasteiger partial charge in [0.2, 0.25) is 0 Å². The van der Waals surface area contributed by atoms with E-state index in [0.717, 1.165) is 0 Å². The molecule has 0 saturated heterocycles. The molecule has 0 fully saturated rings. The number of carboxylic acid groups (broad SMARTS) is 2. The van der Waals surface area contributed by atoms with Crippen molar-refractivity contribution in [2.75, 3.05) is 6.54 Å². The van der Waals surface area contributed by atoms with Gasteiger partial charge in [-0.1, -0.05) is 0 Å². The van der Waals surface area contributed by atoms with E-state index in [1.54, 1.807) is 29.1 Å². The fraction of sp³-hybridized carbons (Fsp3) is 0.200. The van der Waals surface area contributed by atoms with Crippen molar-refractivity contribution >= 4 is 11.9 Å². The third-order valence-electron chi connectivity index (χ3n) is 1.21. The molecule has 0 aliphatic carbocycles. The molecule has 0 aliphatic rings. The first-order valence-electron chi connectivity index (χ1n) is 3.97. The van der Waals surface area contributed by atoms with E-state index >= 15 is 0 Å². The van der Waals surface area contributed by atoms with Crippen LogP contribution in [0, 0.1) is 14.9 Å². The van der Waals surface area contributed by atoms with Crippen LogP contribution in [0.2, 0.25) is 0 Å². The second-order valence-electron chi connectivity index (χ2n) is 2.48. The van der Waals surface area contributed by atoms with Crippen LogP contribution in [0.25, 0.3) is 0 Å². The minimum Gasteiger partial charge on any atom is -0.480 e. The number of hydrogen-bond donors (Lipinski definition) is 4. The van der Waals surface area contributed by atoms with E-state index in [4.69, 9.17) is 15.4 Å². The molecule has 1 aromatic rings. The van der Waals surface area contributed by atoms with E-state index < -0.39 is 18.5 Å². The first-order chi connectivity index (χ1) is 7.06. The monoisotopic (exact) mass is 310 g/mol. The van der Waals surface area contributed by atoms with Crippen LogP contribution in [0.5, 0.6) is 0 Å². The summed E-state index contributed by atoms with van der Waals surface area (Å²) in [5.41, 5.74) is 1.47. The van der Waals surface area contributed by atoms with Crippen LogP contribution in [0.1, 0.15) is 0 Å². The van der Waals surface area contributed by atoms with E-state index in [1.165, 1.54) is 5.48 Å². The standard InChI is InChI=1S/C6H7NO2.C2H5NO3.2CH3.Zn/c8-6(9)5-7-3-1-2-4-7;4-2(5)1-3-6;;;/h1-4H,5H2,(H,8,9);3,6H,1H2,(H,4,5);2*1H3;/q;;2*-1;+2. The third-order valence-corrected chi connectivity index (χ3v) is 1.21. The van der Waals surface area contributed by atoms with Crippen molar-refractivity contribution < 1.29 is 44.5 Å². The van der Waals surface area contributed by atoms with Gasteiger partial charge in [0.05, 0.1) is 0 Å². The maximum atomic E-state index is 10.0. The summed E-state index contributed by atoms with van der Waals surface area (Å²) in [7, 11) is 0. The average molecular weight is 312 g/mol. The van der Waals surface area contributed by atoms with Gasteiger partial charge in [-0.05, 0) is 12.1 Å². The van der Waals surface area contributed by atoms with Crippen LogP contribution >= 0.6 is 0 Å². The Morgan fingerprint density at radius 3 is 1.72 bits per heavy atom. The molecule has 0 spiro atoms. The smallest absolute Gasteiger partial charge is 0.480 e. The van der Waals surface area contributed by atoms with E-state index in [1.807, 2.05) is 0 Å². The van der Waals surface area contributed by atoms with Crippen molar-refractivity contribution in [3.63, 3.8) is 0 Å². The number of nitrogens with zero attached hydrogens (tertiary/aromatic N) is 1. The SMILES string of the molecule is O=C(O)CNO.O=C(O)Cn1cccc1.[CH3-].[CH3-].[Zn+2]. The molecular weight excluding hydrogens is 294 g/mol. The molecule has 18 heavy (non-hydrogen) atoms. The summed E-state index contributed by atoms with van der Waals surface area (Å²) in [6.07, 6.45) is 3.43. The predicted molar refractivity (Wildman–Crippen MR) is 62.3 cm³/mol. The Hall–Kier alpha value is -1.24. The summed E-state index contributed by atoms with van der Waals surface area (Å²) in [5, 5.41) is 23.6. The second-order valence-corrected chi connectivity index (χ2v) is 2.48.